The van der Waals surface area contributed by atoms with E-state index in [-0.39, 0.29) is 18.4 Å². The normalized spacial score (nSPS) is 14.9. The molecule has 0 amide bonds. The molecule has 0 saturated heterocycles. The number of benzene rings is 1. The number of nitrogens with zero attached hydrogens (tertiary/aromatic N) is 5. The Labute approximate surface area is 202 Å². The molecule has 3 heterocycles. The number of esters is 1. The number of aromatic nitrogens is 3. The van der Waals surface area contributed by atoms with Crippen LogP contribution < -0.4 is 0 Å². The minimum absolute atomic E-state index is 0.254. The van der Waals surface area contributed by atoms with E-state index in [1.807, 2.05) is 24.3 Å². The monoisotopic (exact) mass is 509 g/mol. The quantitative estimate of drug-likeness (QED) is 0.411. The first kappa shape index (κ1) is 23.3. The van der Waals surface area contributed by atoms with Crippen LogP contribution >= 0.6 is 15.9 Å². The Balaban J connectivity index is 1.87. The van der Waals surface area contributed by atoms with E-state index < -0.39 is 0 Å². The van der Waals surface area contributed by atoms with E-state index in [0.29, 0.717) is 6.42 Å². The molecular weight excluding hydrogens is 482 g/mol. The number of ether oxygens (including phenoxy) is 1. The summed E-state index contributed by atoms with van der Waals surface area (Å²) in [4.78, 5) is 29.0. The van der Waals surface area contributed by atoms with Gasteiger partial charge in [0.2, 0.25) is 0 Å². The number of halogens is 1. The first-order valence-corrected chi connectivity index (χ1v) is 12.0. The summed E-state index contributed by atoms with van der Waals surface area (Å²) >= 11 is 3.62. The van der Waals surface area contributed by atoms with Crippen LogP contribution in [-0.2, 0) is 16.1 Å². The van der Waals surface area contributed by atoms with Gasteiger partial charge in [-0.05, 0) is 49.8 Å². The summed E-state index contributed by atoms with van der Waals surface area (Å²) in [5.41, 5.74) is 4.53. The fraction of sp³-hybridized carbons (Fsp3) is 0.360. The molecule has 1 aliphatic rings. The zero-order valence-corrected chi connectivity index (χ0v) is 20.7. The highest BCUT2D eigenvalue weighted by atomic mass is 79.9. The standard InChI is InChI=1S/C25H28BrN5O2/c1-4-30(5-2)15-18-16-31-22-11-9-17(26)14-19(22)24(20-8-6-7-13-27-20)29-21(25(31)28-18)10-12-23(32)33-3/h6-9,11,13-14,16,21H,4-5,10,12,15H2,1-3H3. The van der Waals surface area contributed by atoms with Crippen LogP contribution in [0.5, 0.6) is 0 Å². The van der Waals surface area contributed by atoms with Crippen LogP contribution in [0, 0.1) is 0 Å². The van der Waals surface area contributed by atoms with E-state index in [0.717, 1.165) is 58.3 Å². The number of fused-ring (bicyclic) bond motifs is 3. The SMILES string of the molecule is CCN(CC)Cc1cn2c(n1)C(CCC(=O)OC)N=C(c1ccccn1)c1cc(Br)ccc1-2. The third kappa shape index (κ3) is 5.07. The van der Waals surface area contributed by atoms with Gasteiger partial charge >= 0.3 is 5.97 Å². The number of methoxy groups -OCH3 is 1. The first-order valence-electron chi connectivity index (χ1n) is 11.2. The lowest BCUT2D eigenvalue weighted by Crippen LogP contribution is -2.22. The first-order chi connectivity index (χ1) is 16.0. The van der Waals surface area contributed by atoms with Crippen LogP contribution in [0.1, 0.15) is 55.5 Å². The van der Waals surface area contributed by atoms with E-state index >= 15 is 0 Å². The average molecular weight is 510 g/mol. The highest BCUT2D eigenvalue weighted by Crippen LogP contribution is 2.34. The van der Waals surface area contributed by atoms with Gasteiger partial charge in [-0.15, -0.1) is 0 Å². The van der Waals surface area contributed by atoms with Crippen molar-refractivity contribution >= 4 is 27.6 Å². The highest BCUT2D eigenvalue weighted by Gasteiger charge is 2.28. The number of hydrogen-bond acceptors (Lipinski definition) is 6. The predicted molar refractivity (Wildman–Crippen MR) is 132 cm³/mol. The van der Waals surface area contributed by atoms with Crippen molar-refractivity contribution in [2.75, 3.05) is 20.2 Å². The molecule has 0 N–H and O–H groups in total. The van der Waals surface area contributed by atoms with Gasteiger partial charge < -0.3 is 9.30 Å². The largest absolute Gasteiger partial charge is 0.469 e. The number of hydrogen-bond donors (Lipinski definition) is 0. The van der Waals surface area contributed by atoms with Crippen LogP contribution in [-0.4, -0.2) is 51.3 Å². The molecule has 1 unspecified atom stereocenters. The molecule has 0 radical (unpaired) electrons. The van der Waals surface area contributed by atoms with Gasteiger partial charge in [0.05, 0.1) is 29.9 Å². The Morgan fingerprint density at radius 1 is 1.21 bits per heavy atom. The van der Waals surface area contributed by atoms with Gasteiger partial charge in [-0.2, -0.15) is 0 Å². The molecule has 1 atom stereocenters. The van der Waals surface area contributed by atoms with Crippen molar-refractivity contribution < 1.29 is 9.53 Å². The van der Waals surface area contributed by atoms with Crippen LogP contribution in [0.3, 0.4) is 0 Å². The summed E-state index contributed by atoms with van der Waals surface area (Å²) in [6, 6.07) is 11.7. The molecule has 3 aromatic rings. The van der Waals surface area contributed by atoms with Gasteiger partial charge in [-0.1, -0.05) is 35.8 Å². The molecule has 1 aromatic carbocycles. The molecule has 0 bridgehead atoms. The van der Waals surface area contributed by atoms with E-state index in [2.05, 4.69) is 62.6 Å². The van der Waals surface area contributed by atoms with Crippen molar-refractivity contribution in [2.24, 2.45) is 4.99 Å². The molecule has 0 aliphatic carbocycles. The number of pyridine rings is 1. The molecule has 33 heavy (non-hydrogen) atoms. The van der Waals surface area contributed by atoms with Crippen LogP contribution in [0.15, 0.2) is 58.3 Å². The molecule has 2 aromatic heterocycles. The lowest BCUT2D eigenvalue weighted by Gasteiger charge is -2.16. The van der Waals surface area contributed by atoms with E-state index in [1.54, 1.807) is 6.20 Å². The third-order valence-corrected chi connectivity index (χ3v) is 6.37. The van der Waals surface area contributed by atoms with Gasteiger partial charge in [0.1, 0.15) is 11.9 Å². The van der Waals surface area contributed by atoms with Crippen molar-refractivity contribution in [1.29, 1.82) is 0 Å². The third-order valence-electron chi connectivity index (χ3n) is 5.88. The molecule has 1 aliphatic heterocycles. The predicted octanol–water partition coefficient (Wildman–Crippen LogP) is 4.72. The molecule has 8 heteroatoms. The van der Waals surface area contributed by atoms with Gasteiger partial charge in [0.25, 0.3) is 0 Å². The summed E-state index contributed by atoms with van der Waals surface area (Å²) in [7, 11) is 1.41. The molecule has 0 saturated carbocycles. The maximum absolute atomic E-state index is 12.0. The van der Waals surface area contributed by atoms with Gasteiger partial charge in [0, 0.05) is 35.4 Å². The number of aliphatic imine (C=N–C) groups is 1. The molecule has 0 fully saturated rings. The fourth-order valence-corrected chi connectivity index (χ4v) is 4.43. The van der Waals surface area contributed by atoms with Crippen molar-refractivity contribution in [1.82, 2.24) is 19.4 Å². The summed E-state index contributed by atoms with van der Waals surface area (Å²) in [6.07, 6.45) is 4.63. The number of imidazole rings is 1. The second-order valence-electron chi connectivity index (χ2n) is 7.91. The minimum Gasteiger partial charge on any atom is -0.469 e. The lowest BCUT2D eigenvalue weighted by molar-refractivity contribution is -0.140. The van der Waals surface area contributed by atoms with Crippen LogP contribution in [0.25, 0.3) is 5.69 Å². The number of rotatable bonds is 8. The van der Waals surface area contributed by atoms with E-state index in [1.165, 1.54) is 7.11 Å². The van der Waals surface area contributed by atoms with Gasteiger partial charge in [-0.25, -0.2) is 4.98 Å². The van der Waals surface area contributed by atoms with Gasteiger partial charge in [-0.3, -0.25) is 19.7 Å². The zero-order chi connectivity index (χ0) is 23.4. The summed E-state index contributed by atoms with van der Waals surface area (Å²) in [5.74, 6) is 0.575. The Kier molecular flexibility index (Phi) is 7.35. The molecule has 4 rings (SSSR count). The van der Waals surface area contributed by atoms with Crippen LogP contribution in [0.2, 0.25) is 0 Å². The Morgan fingerprint density at radius 2 is 2.03 bits per heavy atom. The minimum atomic E-state index is -0.308. The lowest BCUT2D eigenvalue weighted by atomic mass is 10.0. The molecule has 172 valence electrons. The number of carbonyl (C=O) groups is 1. The van der Waals surface area contributed by atoms with Crippen LogP contribution in [0.4, 0.5) is 0 Å². The highest BCUT2D eigenvalue weighted by molar-refractivity contribution is 9.10. The van der Waals surface area contributed by atoms with Crippen molar-refractivity contribution in [3.63, 3.8) is 0 Å². The Hall–Kier alpha value is -2.84. The van der Waals surface area contributed by atoms with Crippen molar-refractivity contribution in [3.8, 4) is 5.69 Å². The molecule has 0 spiro atoms. The fourth-order valence-electron chi connectivity index (χ4n) is 4.07. The topological polar surface area (TPSA) is 72.6 Å². The molecule has 7 nitrogen and oxygen atoms in total. The number of carbonyl (C=O) groups excluding carboxylic acids is 1. The van der Waals surface area contributed by atoms with E-state index in [4.69, 9.17) is 14.7 Å². The van der Waals surface area contributed by atoms with Crippen molar-refractivity contribution in [3.05, 3.63) is 76.0 Å². The van der Waals surface area contributed by atoms with Crippen molar-refractivity contribution in [2.45, 2.75) is 39.3 Å². The zero-order valence-electron chi connectivity index (χ0n) is 19.2. The summed E-state index contributed by atoms with van der Waals surface area (Å²) < 4.78 is 7.98. The Morgan fingerprint density at radius 3 is 2.73 bits per heavy atom. The Bertz CT molecular complexity index is 1150. The van der Waals surface area contributed by atoms with Gasteiger partial charge in [0.15, 0.2) is 0 Å². The maximum Gasteiger partial charge on any atom is 0.305 e. The summed E-state index contributed by atoms with van der Waals surface area (Å²) in [6.45, 7) is 6.98. The average Bonchev–Trinajstić information content (AvgIpc) is 3.21. The second-order valence-corrected chi connectivity index (χ2v) is 8.82. The van der Waals surface area contributed by atoms with E-state index in [9.17, 15) is 4.79 Å². The summed E-state index contributed by atoms with van der Waals surface area (Å²) in [5, 5.41) is 0. The second kappa shape index (κ2) is 10.4. The maximum atomic E-state index is 12.0. The molecular formula is C25H28BrN5O2. The smallest absolute Gasteiger partial charge is 0.305 e.